The number of nitrogens with one attached hydrogen (secondary N) is 2. The number of aryl methyl sites for hydroxylation is 2. The van der Waals surface area contributed by atoms with E-state index in [1.54, 1.807) is 14.2 Å². The van der Waals surface area contributed by atoms with E-state index in [2.05, 4.69) is 40.7 Å². The molecule has 1 heterocycles. The van der Waals surface area contributed by atoms with E-state index >= 15 is 0 Å². The van der Waals surface area contributed by atoms with Crippen molar-refractivity contribution in [2.24, 2.45) is 4.99 Å². The molecule has 130 valence electrons. The highest BCUT2D eigenvalue weighted by atomic mass is 16.5. The number of guanidine groups is 1. The molecule has 1 atom stereocenters. The van der Waals surface area contributed by atoms with Crippen molar-refractivity contribution < 1.29 is 9.15 Å². The number of aliphatic imine (C=N–C) groups is 1. The summed E-state index contributed by atoms with van der Waals surface area (Å²) in [6, 6.07) is 10.3. The normalized spacial score (nSPS) is 12.8. The number of hydrogen-bond donors (Lipinski definition) is 2. The Morgan fingerprint density at radius 1 is 1.25 bits per heavy atom. The minimum atomic E-state index is 0.0596. The number of nitrogens with zero attached hydrogens (tertiary/aromatic N) is 1. The van der Waals surface area contributed by atoms with Gasteiger partial charge in [-0.2, -0.15) is 0 Å². The zero-order chi connectivity index (χ0) is 17.5. The van der Waals surface area contributed by atoms with Crippen LogP contribution in [0, 0.1) is 13.8 Å². The minimum Gasteiger partial charge on any atom is -0.496 e. The van der Waals surface area contributed by atoms with E-state index in [-0.39, 0.29) is 6.04 Å². The summed E-state index contributed by atoms with van der Waals surface area (Å²) in [5.74, 6) is 3.50. The summed E-state index contributed by atoms with van der Waals surface area (Å²) in [4.78, 5) is 4.27. The number of rotatable bonds is 6. The molecule has 0 aliphatic carbocycles. The second-order valence-corrected chi connectivity index (χ2v) is 5.87. The lowest BCUT2D eigenvalue weighted by atomic mass is 10.1. The predicted molar refractivity (Wildman–Crippen MR) is 97.8 cm³/mol. The molecule has 0 saturated heterocycles. The first kappa shape index (κ1) is 17.9. The zero-order valence-electron chi connectivity index (χ0n) is 15.1. The van der Waals surface area contributed by atoms with Crippen molar-refractivity contribution in [3.63, 3.8) is 0 Å². The van der Waals surface area contributed by atoms with Gasteiger partial charge in [-0.3, -0.25) is 4.99 Å². The fraction of sp³-hybridized carbons (Fsp3) is 0.421. The maximum atomic E-state index is 5.64. The lowest BCUT2D eigenvalue weighted by molar-refractivity contribution is 0.411. The van der Waals surface area contributed by atoms with E-state index in [9.17, 15) is 0 Å². The molecule has 0 spiro atoms. The van der Waals surface area contributed by atoms with E-state index in [1.165, 1.54) is 5.56 Å². The van der Waals surface area contributed by atoms with Gasteiger partial charge in [0.15, 0.2) is 5.96 Å². The molecule has 1 aromatic carbocycles. The Morgan fingerprint density at radius 3 is 2.67 bits per heavy atom. The van der Waals surface area contributed by atoms with Gasteiger partial charge in [0.25, 0.3) is 0 Å². The van der Waals surface area contributed by atoms with Gasteiger partial charge in [0.1, 0.15) is 17.3 Å². The van der Waals surface area contributed by atoms with E-state index in [4.69, 9.17) is 9.15 Å². The van der Waals surface area contributed by atoms with Gasteiger partial charge in [-0.25, -0.2) is 0 Å². The van der Waals surface area contributed by atoms with Crippen molar-refractivity contribution in [2.75, 3.05) is 20.7 Å². The molecule has 0 amide bonds. The van der Waals surface area contributed by atoms with Crippen molar-refractivity contribution in [3.8, 4) is 5.75 Å². The van der Waals surface area contributed by atoms with Crippen molar-refractivity contribution in [2.45, 2.75) is 33.2 Å². The lowest BCUT2D eigenvalue weighted by Gasteiger charge is -2.16. The molecule has 2 N–H and O–H groups in total. The summed E-state index contributed by atoms with van der Waals surface area (Å²) in [7, 11) is 3.47. The van der Waals surface area contributed by atoms with Crippen LogP contribution in [0.1, 0.15) is 35.6 Å². The van der Waals surface area contributed by atoms with Crippen molar-refractivity contribution in [3.05, 3.63) is 53.0 Å². The summed E-state index contributed by atoms with van der Waals surface area (Å²) in [5.41, 5.74) is 2.38. The quantitative estimate of drug-likeness (QED) is 0.630. The molecule has 1 unspecified atom stereocenters. The van der Waals surface area contributed by atoms with Gasteiger partial charge >= 0.3 is 0 Å². The highest BCUT2D eigenvalue weighted by Crippen LogP contribution is 2.19. The monoisotopic (exact) mass is 329 g/mol. The Morgan fingerprint density at radius 2 is 2.04 bits per heavy atom. The standard InChI is InChI=1S/C19H27N3O2/c1-13-6-8-16(12-18(13)23-5)10-11-21-19(20-4)22-15(3)17-9-7-14(2)24-17/h6-9,12,15H,10-11H2,1-5H3,(H2,20,21,22). The molecule has 24 heavy (non-hydrogen) atoms. The SMILES string of the molecule is CN=C(NCCc1ccc(C)c(OC)c1)NC(C)c1ccc(C)o1. The first-order valence-electron chi connectivity index (χ1n) is 8.20. The summed E-state index contributed by atoms with van der Waals surface area (Å²) in [5, 5.41) is 6.67. The third-order valence-corrected chi connectivity index (χ3v) is 3.94. The molecule has 2 aromatic rings. The highest BCUT2D eigenvalue weighted by Gasteiger charge is 2.11. The molecule has 0 fully saturated rings. The molecular formula is C19H27N3O2. The Labute approximate surface area is 144 Å². The summed E-state index contributed by atoms with van der Waals surface area (Å²) < 4.78 is 11.0. The maximum Gasteiger partial charge on any atom is 0.191 e. The van der Waals surface area contributed by atoms with Gasteiger partial charge < -0.3 is 19.8 Å². The average molecular weight is 329 g/mol. The second-order valence-electron chi connectivity index (χ2n) is 5.87. The van der Waals surface area contributed by atoms with Gasteiger partial charge in [0.05, 0.1) is 13.2 Å². The molecule has 5 nitrogen and oxygen atoms in total. The van der Waals surface area contributed by atoms with Gasteiger partial charge in [-0.05, 0) is 56.5 Å². The molecule has 1 aromatic heterocycles. The van der Waals surface area contributed by atoms with Gasteiger partial charge in [-0.1, -0.05) is 12.1 Å². The smallest absolute Gasteiger partial charge is 0.191 e. The predicted octanol–water partition coefficient (Wildman–Crippen LogP) is 3.37. The van der Waals surface area contributed by atoms with Gasteiger partial charge in [-0.15, -0.1) is 0 Å². The molecule has 0 radical (unpaired) electrons. The molecule has 0 aliphatic rings. The van der Waals surface area contributed by atoms with Gasteiger partial charge in [0.2, 0.25) is 0 Å². The van der Waals surface area contributed by atoms with E-state index in [1.807, 2.05) is 26.0 Å². The van der Waals surface area contributed by atoms with Crippen LogP contribution < -0.4 is 15.4 Å². The van der Waals surface area contributed by atoms with Crippen LogP contribution >= 0.6 is 0 Å². The Kier molecular flexibility index (Phi) is 6.29. The number of ether oxygens (including phenoxy) is 1. The van der Waals surface area contributed by atoms with E-state index in [0.29, 0.717) is 0 Å². The molecule has 0 aliphatic heterocycles. The number of benzene rings is 1. The third-order valence-electron chi connectivity index (χ3n) is 3.94. The van der Waals surface area contributed by atoms with Crippen LogP contribution in [0.4, 0.5) is 0 Å². The lowest BCUT2D eigenvalue weighted by Crippen LogP contribution is -2.39. The summed E-state index contributed by atoms with van der Waals surface area (Å²) >= 11 is 0. The van der Waals surface area contributed by atoms with Crippen LogP contribution in [-0.4, -0.2) is 26.7 Å². The first-order chi connectivity index (χ1) is 11.5. The third kappa shape index (κ3) is 4.78. The second kappa shape index (κ2) is 8.43. The van der Waals surface area contributed by atoms with Crippen LogP contribution in [-0.2, 0) is 6.42 Å². The zero-order valence-corrected chi connectivity index (χ0v) is 15.1. The van der Waals surface area contributed by atoms with Crippen LogP contribution in [0.25, 0.3) is 0 Å². The number of furan rings is 1. The Bertz CT molecular complexity index is 692. The van der Waals surface area contributed by atoms with Crippen LogP contribution in [0.15, 0.2) is 39.7 Å². The number of methoxy groups -OCH3 is 1. The molecule has 2 rings (SSSR count). The summed E-state index contributed by atoms with van der Waals surface area (Å²) in [6.45, 7) is 6.83. The maximum absolute atomic E-state index is 5.64. The van der Waals surface area contributed by atoms with Crippen molar-refractivity contribution >= 4 is 5.96 Å². The fourth-order valence-corrected chi connectivity index (χ4v) is 2.50. The minimum absolute atomic E-state index is 0.0596. The summed E-state index contributed by atoms with van der Waals surface area (Å²) in [6.07, 6.45) is 0.894. The average Bonchev–Trinajstić information content (AvgIpc) is 3.01. The molecule has 0 bridgehead atoms. The van der Waals surface area contributed by atoms with Crippen LogP contribution in [0.3, 0.4) is 0 Å². The Balaban J connectivity index is 1.85. The van der Waals surface area contributed by atoms with E-state index in [0.717, 1.165) is 41.8 Å². The number of hydrogen-bond acceptors (Lipinski definition) is 3. The van der Waals surface area contributed by atoms with E-state index < -0.39 is 0 Å². The Hall–Kier alpha value is -2.43. The van der Waals surface area contributed by atoms with Crippen molar-refractivity contribution in [1.82, 2.24) is 10.6 Å². The largest absolute Gasteiger partial charge is 0.496 e. The highest BCUT2D eigenvalue weighted by molar-refractivity contribution is 5.80. The first-order valence-corrected chi connectivity index (χ1v) is 8.20. The molecule has 0 saturated carbocycles. The fourth-order valence-electron chi connectivity index (χ4n) is 2.50. The topological polar surface area (TPSA) is 58.8 Å². The molecular weight excluding hydrogens is 302 g/mol. The van der Waals surface area contributed by atoms with Crippen LogP contribution in [0.5, 0.6) is 5.75 Å². The molecule has 5 heteroatoms. The van der Waals surface area contributed by atoms with Crippen LogP contribution in [0.2, 0.25) is 0 Å². The van der Waals surface area contributed by atoms with Gasteiger partial charge in [0, 0.05) is 13.6 Å². The van der Waals surface area contributed by atoms with Crippen molar-refractivity contribution in [1.29, 1.82) is 0 Å².